The van der Waals surface area contributed by atoms with Crippen molar-refractivity contribution in [2.75, 3.05) is 5.32 Å². The van der Waals surface area contributed by atoms with Crippen LogP contribution in [0.15, 0.2) is 48.5 Å². The Hall–Kier alpha value is -3.61. The Morgan fingerprint density at radius 2 is 1.62 bits per heavy atom. The first-order valence-corrected chi connectivity index (χ1v) is 8.75. The number of amides is 1. The van der Waals surface area contributed by atoms with Crippen LogP contribution in [0, 0.1) is 10.1 Å². The molecule has 0 saturated carbocycles. The molecule has 0 spiro atoms. The minimum absolute atomic E-state index is 0.0778. The highest BCUT2D eigenvalue weighted by Gasteiger charge is 2.42. The lowest BCUT2D eigenvalue weighted by molar-refractivity contribution is -0.383. The molecule has 0 aliphatic heterocycles. The number of alkyl halides is 6. The van der Waals surface area contributed by atoms with Crippen molar-refractivity contribution < 1.29 is 36.1 Å². The highest BCUT2D eigenvalue weighted by molar-refractivity contribution is 6.30. The maximum Gasteiger partial charge on any atom is 0.435 e. The van der Waals surface area contributed by atoms with Gasteiger partial charge in [0, 0.05) is 22.7 Å². The molecule has 0 aliphatic carbocycles. The van der Waals surface area contributed by atoms with E-state index in [9.17, 15) is 41.3 Å². The van der Waals surface area contributed by atoms with Crippen molar-refractivity contribution in [3.8, 4) is 5.69 Å². The number of hydrogen-bond donors (Lipinski definition) is 1. The monoisotopic (exact) mass is 478 g/mol. The van der Waals surface area contributed by atoms with Gasteiger partial charge in [0.1, 0.15) is 11.4 Å². The van der Waals surface area contributed by atoms with Gasteiger partial charge in [-0.15, -0.1) is 0 Å². The van der Waals surface area contributed by atoms with Gasteiger partial charge in [-0.3, -0.25) is 14.9 Å². The molecule has 0 bridgehead atoms. The number of nitro benzene ring substituents is 1. The van der Waals surface area contributed by atoms with Crippen LogP contribution in [0.5, 0.6) is 0 Å². The summed E-state index contributed by atoms with van der Waals surface area (Å²) in [7, 11) is 0. The van der Waals surface area contributed by atoms with Gasteiger partial charge in [-0.25, -0.2) is 4.68 Å². The highest BCUT2D eigenvalue weighted by Crippen LogP contribution is 2.37. The fraction of sp³-hybridized carbons (Fsp3) is 0.111. The standard InChI is InChI=1S/C18H9ClF6N4O3/c19-10-3-1-9(2-4-10)16(30)26-12-6-5-11(7-13(12)29(31)32)28-15(18(23,24)25)8-14(27-28)17(20,21)22/h1-8H,(H,26,30). The third kappa shape index (κ3) is 4.82. The number of halogens is 7. The fourth-order valence-electron chi connectivity index (χ4n) is 2.62. The molecule has 0 unspecified atom stereocenters. The number of benzene rings is 2. The van der Waals surface area contributed by atoms with Crippen molar-refractivity contribution in [1.29, 1.82) is 0 Å². The Balaban J connectivity index is 2.05. The highest BCUT2D eigenvalue weighted by atomic mass is 35.5. The van der Waals surface area contributed by atoms with Gasteiger partial charge in [0.05, 0.1) is 10.6 Å². The Labute approximate surface area is 179 Å². The number of rotatable bonds is 4. The van der Waals surface area contributed by atoms with Gasteiger partial charge in [-0.05, 0) is 36.4 Å². The second-order valence-corrected chi connectivity index (χ2v) is 6.68. The molecule has 14 heteroatoms. The molecule has 1 aromatic heterocycles. The second-order valence-electron chi connectivity index (χ2n) is 6.24. The van der Waals surface area contributed by atoms with Crippen LogP contribution in [-0.4, -0.2) is 20.6 Å². The Morgan fingerprint density at radius 1 is 1.00 bits per heavy atom. The number of carbonyl (C=O) groups is 1. The van der Waals surface area contributed by atoms with Crippen LogP contribution in [0.25, 0.3) is 5.69 Å². The Bertz CT molecular complexity index is 1190. The first kappa shape index (κ1) is 23.1. The predicted molar refractivity (Wildman–Crippen MR) is 99.6 cm³/mol. The molecule has 2 aromatic carbocycles. The molecule has 32 heavy (non-hydrogen) atoms. The van der Waals surface area contributed by atoms with Gasteiger partial charge in [-0.1, -0.05) is 11.6 Å². The molecule has 3 aromatic rings. The van der Waals surface area contributed by atoms with Gasteiger partial charge >= 0.3 is 12.4 Å². The summed E-state index contributed by atoms with van der Waals surface area (Å²) in [4.78, 5) is 22.7. The number of aromatic nitrogens is 2. The summed E-state index contributed by atoms with van der Waals surface area (Å²) in [6.07, 6.45) is -10.4. The number of nitrogens with zero attached hydrogens (tertiary/aromatic N) is 3. The average Bonchev–Trinajstić information content (AvgIpc) is 3.15. The van der Waals surface area contributed by atoms with E-state index in [0.29, 0.717) is 11.1 Å². The summed E-state index contributed by atoms with van der Waals surface area (Å²) in [6.45, 7) is 0. The number of anilines is 1. The van der Waals surface area contributed by atoms with Gasteiger partial charge in [0.2, 0.25) is 0 Å². The van der Waals surface area contributed by atoms with Crippen LogP contribution in [-0.2, 0) is 12.4 Å². The van der Waals surface area contributed by atoms with E-state index in [1.165, 1.54) is 24.3 Å². The van der Waals surface area contributed by atoms with Crippen molar-refractivity contribution >= 4 is 28.9 Å². The van der Waals surface area contributed by atoms with E-state index < -0.39 is 51.6 Å². The zero-order chi connectivity index (χ0) is 23.8. The zero-order valence-electron chi connectivity index (χ0n) is 15.3. The van der Waals surface area contributed by atoms with Crippen LogP contribution in [0.2, 0.25) is 5.02 Å². The van der Waals surface area contributed by atoms with Crippen molar-refractivity contribution in [3.63, 3.8) is 0 Å². The molecule has 168 valence electrons. The molecule has 0 atom stereocenters. The Morgan fingerprint density at radius 3 is 2.16 bits per heavy atom. The quantitative estimate of drug-likeness (QED) is 0.295. The molecular weight excluding hydrogens is 470 g/mol. The smallest absolute Gasteiger partial charge is 0.316 e. The van der Waals surface area contributed by atoms with Gasteiger partial charge in [0.15, 0.2) is 5.69 Å². The maximum absolute atomic E-state index is 13.2. The van der Waals surface area contributed by atoms with E-state index in [0.717, 1.165) is 12.1 Å². The number of hydrogen-bond acceptors (Lipinski definition) is 4. The number of nitro groups is 1. The molecular formula is C18H9ClF6N4O3. The largest absolute Gasteiger partial charge is 0.435 e. The van der Waals surface area contributed by atoms with E-state index in [1.54, 1.807) is 0 Å². The molecule has 1 heterocycles. The van der Waals surface area contributed by atoms with E-state index in [4.69, 9.17) is 11.6 Å². The van der Waals surface area contributed by atoms with Crippen molar-refractivity contribution in [3.05, 3.63) is 80.6 Å². The number of nitrogens with one attached hydrogen (secondary N) is 1. The molecule has 0 saturated heterocycles. The summed E-state index contributed by atoms with van der Waals surface area (Å²) in [6, 6.07) is 7.54. The normalized spacial score (nSPS) is 12.0. The molecule has 1 N–H and O–H groups in total. The molecule has 0 radical (unpaired) electrons. The summed E-state index contributed by atoms with van der Waals surface area (Å²) >= 11 is 5.71. The summed E-state index contributed by atoms with van der Waals surface area (Å²) in [5.74, 6) is -0.785. The number of carbonyl (C=O) groups excluding carboxylic acids is 1. The van der Waals surface area contributed by atoms with E-state index in [1.807, 2.05) is 0 Å². The predicted octanol–water partition coefficient (Wildman–Crippen LogP) is 5.72. The lowest BCUT2D eigenvalue weighted by Crippen LogP contribution is -2.15. The van der Waals surface area contributed by atoms with Crippen LogP contribution >= 0.6 is 11.6 Å². The molecule has 3 rings (SSSR count). The lowest BCUT2D eigenvalue weighted by atomic mass is 10.2. The SMILES string of the molecule is O=C(Nc1ccc(-n2nc(C(F)(F)F)cc2C(F)(F)F)cc1[N+](=O)[O-])c1ccc(Cl)cc1. The van der Waals surface area contributed by atoms with Crippen LogP contribution in [0.3, 0.4) is 0 Å². The van der Waals surface area contributed by atoms with Crippen LogP contribution in [0.1, 0.15) is 21.7 Å². The Kier molecular flexibility index (Phi) is 5.87. The first-order chi connectivity index (χ1) is 14.8. The second kappa shape index (κ2) is 8.15. The lowest BCUT2D eigenvalue weighted by Gasteiger charge is -2.12. The molecule has 0 aliphatic rings. The minimum atomic E-state index is -5.23. The van der Waals surface area contributed by atoms with Crippen molar-refractivity contribution in [1.82, 2.24) is 9.78 Å². The summed E-state index contributed by atoms with van der Waals surface area (Å²) < 4.78 is 78.2. The molecule has 1 amide bonds. The maximum atomic E-state index is 13.2. The van der Waals surface area contributed by atoms with Crippen molar-refractivity contribution in [2.24, 2.45) is 0 Å². The first-order valence-electron chi connectivity index (χ1n) is 8.37. The summed E-state index contributed by atoms with van der Waals surface area (Å²) in [5.41, 5.74) is -5.44. The van der Waals surface area contributed by atoms with Crippen molar-refractivity contribution in [2.45, 2.75) is 12.4 Å². The van der Waals surface area contributed by atoms with E-state index >= 15 is 0 Å². The van der Waals surface area contributed by atoms with E-state index in [-0.39, 0.29) is 16.3 Å². The van der Waals surface area contributed by atoms with Crippen LogP contribution in [0.4, 0.5) is 37.7 Å². The van der Waals surface area contributed by atoms with Gasteiger partial charge in [0.25, 0.3) is 11.6 Å². The topological polar surface area (TPSA) is 90.1 Å². The third-order valence-corrected chi connectivity index (χ3v) is 4.32. The molecule has 7 nitrogen and oxygen atoms in total. The molecule has 0 fully saturated rings. The third-order valence-electron chi connectivity index (χ3n) is 4.07. The van der Waals surface area contributed by atoms with E-state index in [2.05, 4.69) is 10.4 Å². The zero-order valence-corrected chi connectivity index (χ0v) is 16.1. The van der Waals surface area contributed by atoms with Gasteiger partial charge < -0.3 is 5.32 Å². The van der Waals surface area contributed by atoms with Gasteiger partial charge in [-0.2, -0.15) is 31.4 Å². The minimum Gasteiger partial charge on any atom is -0.316 e. The average molecular weight is 479 g/mol. The fourth-order valence-corrected chi connectivity index (χ4v) is 2.75. The summed E-state index contributed by atoms with van der Waals surface area (Å²) in [5, 5.41) is 16.9. The van der Waals surface area contributed by atoms with Crippen LogP contribution < -0.4 is 5.32 Å².